The predicted molar refractivity (Wildman–Crippen MR) is 87.2 cm³/mol. The molecule has 4 rings (SSSR count). The zero-order valence-electron chi connectivity index (χ0n) is 11.5. The minimum atomic E-state index is -0.266. The van der Waals surface area contributed by atoms with Gasteiger partial charge < -0.3 is 5.32 Å². The van der Waals surface area contributed by atoms with Gasteiger partial charge in [0.2, 0.25) is 0 Å². The second kappa shape index (κ2) is 4.93. The monoisotopic (exact) mass is 309 g/mol. The Hall–Kier alpha value is -2.72. The first-order chi connectivity index (χ1) is 10.7. The maximum absolute atomic E-state index is 11.9. The Bertz CT molecular complexity index is 824. The number of nitrogens with zero attached hydrogens (tertiary/aromatic N) is 1. The van der Waals surface area contributed by atoms with E-state index in [1.165, 1.54) is 0 Å². The Morgan fingerprint density at radius 3 is 2.59 bits per heavy atom. The van der Waals surface area contributed by atoms with Gasteiger partial charge in [0.05, 0.1) is 11.4 Å². The molecule has 0 atom stereocenters. The first-order valence-electron chi connectivity index (χ1n) is 6.87. The van der Waals surface area contributed by atoms with E-state index in [9.17, 15) is 4.79 Å². The molecule has 2 N–H and O–H groups in total. The van der Waals surface area contributed by atoms with Crippen LogP contribution in [0.2, 0.25) is 5.02 Å². The van der Waals surface area contributed by atoms with E-state index in [0.29, 0.717) is 5.02 Å². The van der Waals surface area contributed by atoms with Gasteiger partial charge in [0.25, 0.3) is 0 Å². The number of hydrogen-bond donors (Lipinski definition) is 2. The fourth-order valence-corrected chi connectivity index (χ4v) is 2.83. The summed E-state index contributed by atoms with van der Waals surface area (Å²) in [4.78, 5) is 11.9. The molecule has 2 aliphatic rings. The zero-order valence-corrected chi connectivity index (χ0v) is 12.3. The highest BCUT2D eigenvalue weighted by molar-refractivity contribution is 6.30. The Labute approximate surface area is 132 Å². The number of amides is 2. The zero-order chi connectivity index (χ0) is 15.1. The SMILES string of the molecule is O=C1NC(c2ccc(Cl)cc2)=C2c3ccccc3C=CN2N1. The van der Waals surface area contributed by atoms with Crippen molar-refractivity contribution in [1.29, 1.82) is 0 Å². The van der Waals surface area contributed by atoms with Crippen molar-refractivity contribution >= 4 is 35.1 Å². The maximum Gasteiger partial charge on any atom is 0.338 e. The van der Waals surface area contributed by atoms with Gasteiger partial charge in [-0.25, -0.2) is 10.2 Å². The molecule has 0 bridgehead atoms. The standard InChI is InChI=1S/C17H12ClN3O/c18-13-7-5-12(6-8-13)15-16-14-4-2-1-3-11(14)9-10-21(16)20-17(22)19-15/h1-10H,(H2,19,20,22). The summed E-state index contributed by atoms with van der Waals surface area (Å²) in [6.45, 7) is 0. The Balaban J connectivity index is 1.96. The highest BCUT2D eigenvalue weighted by Crippen LogP contribution is 2.35. The molecule has 0 saturated carbocycles. The number of carbonyl (C=O) groups excluding carboxylic acids is 1. The molecule has 0 saturated heterocycles. The molecule has 0 radical (unpaired) electrons. The molecule has 0 aromatic heterocycles. The third-order valence-corrected chi connectivity index (χ3v) is 3.94. The second-order valence-electron chi connectivity index (χ2n) is 5.07. The number of carbonyl (C=O) groups is 1. The summed E-state index contributed by atoms with van der Waals surface area (Å²) in [5.41, 5.74) is 7.53. The van der Waals surface area contributed by atoms with Gasteiger partial charge in [-0.3, -0.25) is 5.01 Å². The minimum absolute atomic E-state index is 0.266. The molecule has 2 amide bonds. The van der Waals surface area contributed by atoms with Crippen molar-refractivity contribution in [1.82, 2.24) is 15.8 Å². The third kappa shape index (κ3) is 2.05. The molecule has 0 aliphatic carbocycles. The molecule has 5 heteroatoms. The smallest absolute Gasteiger partial charge is 0.304 e. The number of nitrogens with one attached hydrogen (secondary N) is 2. The van der Waals surface area contributed by atoms with Crippen molar-refractivity contribution in [2.24, 2.45) is 0 Å². The molecule has 2 aliphatic heterocycles. The number of urea groups is 1. The molecule has 0 fully saturated rings. The highest BCUT2D eigenvalue weighted by atomic mass is 35.5. The van der Waals surface area contributed by atoms with Crippen LogP contribution in [-0.4, -0.2) is 11.0 Å². The van der Waals surface area contributed by atoms with E-state index in [-0.39, 0.29) is 6.03 Å². The first-order valence-corrected chi connectivity index (χ1v) is 7.25. The van der Waals surface area contributed by atoms with Crippen molar-refractivity contribution in [3.63, 3.8) is 0 Å². The minimum Gasteiger partial charge on any atom is -0.304 e. The fraction of sp³-hybridized carbons (Fsp3) is 0. The van der Waals surface area contributed by atoms with Gasteiger partial charge in [-0.2, -0.15) is 0 Å². The Kier molecular flexibility index (Phi) is 2.91. The molecule has 2 aromatic rings. The van der Waals surface area contributed by atoms with Crippen molar-refractivity contribution in [2.75, 3.05) is 0 Å². The van der Waals surface area contributed by atoms with Crippen LogP contribution in [0.4, 0.5) is 4.79 Å². The number of hydrazine groups is 1. The van der Waals surface area contributed by atoms with Crippen LogP contribution in [0.1, 0.15) is 16.7 Å². The maximum atomic E-state index is 11.9. The van der Waals surface area contributed by atoms with Crippen molar-refractivity contribution in [3.05, 3.63) is 76.4 Å². The lowest BCUT2D eigenvalue weighted by Crippen LogP contribution is -2.49. The summed E-state index contributed by atoms with van der Waals surface area (Å²) in [6.07, 6.45) is 3.83. The van der Waals surface area contributed by atoms with E-state index in [0.717, 1.165) is 28.1 Å². The average molecular weight is 310 g/mol. The van der Waals surface area contributed by atoms with Crippen molar-refractivity contribution in [2.45, 2.75) is 0 Å². The van der Waals surface area contributed by atoms with Gasteiger partial charge in [-0.05, 0) is 23.8 Å². The molecule has 2 heterocycles. The highest BCUT2D eigenvalue weighted by Gasteiger charge is 2.28. The molecule has 4 nitrogen and oxygen atoms in total. The quantitative estimate of drug-likeness (QED) is 0.844. The third-order valence-electron chi connectivity index (χ3n) is 3.69. The average Bonchev–Trinajstić information content (AvgIpc) is 2.54. The molecule has 0 spiro atoms. The van der Waals surface area contributed by atoms with Gasteiger partial charge in [-0.15, -0.1) is 0 Å². The van der Waals surface area contributed by atoms with Gasteiger partial charge in [0, 0.05) is 22.3 Å². The van der Waals surface area contributed by atoms with Gasteiger partial charge in [-0.1, -0.05) is 48.0 Å². The summed E-state index contributed by atoms with van der Waals surface area (Å²) in [6, 6.07) is 15.2. The van der Waals surface area contributed by atoms with E-state index in [1.807, 2.05) is 60.8 Å². The second-order valence-corrected chi connectivity index (χ2v) is 5.51. The van der Waals surface area contributed by atoms with E-state index < -0.39 is 0 Å². The molecule has 2 aromatic carbocycles. The first kappa shape index (κ1) is 13.0. The molecule has 108 valence electrons. The predicted octanol–water partition coefficient (Wildman–Crippen LogP) is 3.68. The van der Waals surface area contributed by atoms with Crippen LogP contribution in [0.5, 0.6) is 0 Å². The van der Waals surface area contributed by atoms with Crippen LogP contribution in [0.15, 0.2) is 54.7 Å². The summed E-state index contributed by atoms with van der Waals surface area (Å²) in [5.74, 6) is 0. The summed E-state index contributed by atoms with van der Waals surface area (Å²) >= 11 is 5.96. The van der Waals surface area contributed by atoms with E-state index in [4.69, 9.17) is 11.6 Å². The molecule has 0 unspecified atom stereocenters. The number of benzene rings is 2. The normalized spacial score (nSPS) is 15.9. The van der Waals surface area contributed by atoms with Crippen LogP contribution >= 0.6 is 11.6 Å². The van der Waals surface area contributed by atoms with Gasteiger partial charge >= 0.3 is 6.03 Å². The fourth-order valence-electron chi connectivity index (χ4n) is 2.70. The molecule has 22 heavy (non-hydrogen) atoms. The summed E-state index contributed by atoms with van der Waals surface area (Å²) in [5, 5.41) is 5.31. The topological polar surface area (TPSA) is 44.4 Å². The lowest BCUT2D eigenvalue weighted by molar-refractivity contribution is 0.227. The van der Waals surface area contributed by atoms with Crippen LogP contribution in [0.3, 0.4) is 0 Å². The number of hydrogen-bond acceptors (Lipinski definition) is 2. The van der Waals surface area contributed by atoms with Crippen molar-refractivity contribution in [3.8, 4) is 0 Å². The Morgan fingerprint density at radius 2 is 1.77 bits per heavy atom. The van der Waals surface area contributed by atoms with Crippen LogP contribution in [0.25, 0.3) is 17.5 Å². The summed E-state index contributed by atoms with van der Waals surface area (Å²) < 4.78 is 0. The Morgan fingerprint density at radius 1 is 1.00 bits per heavy atom. The number of halogens is 1. The van der Waals surface area contributed by atoms with E-state index in [1.54, 1.807) is 5.01 Å². The van der Waals surface area contributed by atoms with E-state index >= 15 is 0 Å². The van der Waals surface area contributed by atoms with Gasteiger partial charge in [0.15, 0.2) is 0 Å². The number of rotatable bonds is 1. The lowest BCUT2D eigenvalue weighted by Gasteiger charge is -2.35. The largest absolute Gasteiger partial charge is 0.338 e. The lowest BCUT2D eigenvalue weighted by atomic mass is 9.97. The van der Waals surface area contributed by atoms with Crippen LogP contribution in [-0.2, 0) is 0 Å². The van der Waals surface area contributed by atoms with E-state index in [2.05, 4.69) is 10.7 Å². The van der Waals surface area contributed by atoms with Crippen molar-refractivity contribution < 1.29 is 4.79 Å². The number of fused-ring (bicyclic) bond motifs is 3. The molecular weight excluding hydrogens is 298 g/mol. The van der Waals surface area contributed by atoms with Crippen LogP contribution < -0.4 is 10.7 Å². The molecular formula is C17H12ClN3O. The van der Waals surface area contributed by atoms with Crippen LogP contribution in [0, 0.1) is 0 Å². The van der Waals surface area contributed by atoms with Gasteiger partial charge in [0.1, 0.15) is 0 Å². The summed E-state index contributed by atoms with van der Waals surface area (Å²) in [7, 11) is 0.